The van der Waals surface area contributed by atoms with E-state index in [2.05, 4.69) is 25.8 Å². The highest BCUT2D eigenvalue weighted by Gasteiger charge is 2.08. The van der Waals surface area contributed by atoms with Crippen LogP contribution in [0.25, 0.3) is 5.69 Å². The Morgan fingerprint density at radius 3 is 2.52 bits per heavy atom. The van der Waals surface area contributed by atoms with Gasteiger partial charge in [0.05, 0.1) is 6.54 Å². The average molecular weight is 517 g/mol. The van der Waals surface area contributed by atoms with Crippen molar-refractivity contribution < 1.29 is 0 Å². The summed E-state index contributed by atoms with van der Waals surface area (Å²) in [5, 5.41) is 15.8. The predicted molar refractivity (Wildman–Crippen MR) is 120 cm³/mol. The summed E-state index contributed by atoms with van der Waals surface area (Å²) < 4.78 is 1.93. The van der Waals surface area contributed by atoms with Crippen LogP contribution in [0.4, 0.5) is 0 Å². The van der Waals surface area contributed by atoms with Gasteiger partial charge in [0.1, 0.15) is 6.33 Å². The second-order valence-electron chi connectivity index (χ2n) is 5.47. The van der Waals surface area contributed by atoms with Gasteiger partial charge in [0.25, 0.3) is 0 Å². The first-order chi connectivity index (χ1) is 12.7. The Kier molecular flexibility index (Phi) is 8.33. The van der Waals surface area contributed by atoms with Gasteiger partial charge in [-0.1, -0.05) is 47.5 Å². The molecule has 3 aromatic rings. The maximum absolute atomic E-state index is 6.20. The van der Waals surface area contributed by atoms with Crippen LogP contribution in [-0.4, -0.2) is 27.8 Å². The van der Waals surface area contributed by atoms with Gasteiger partial charge in [0, 0.05) is 29.3 Å². The van der Waals surface area contributed by atoms with Crippen LogP contribution in [0, 0.1) is 0 Å². The van der Waals surface area contributed by atoms with Crippen LogP contribution in [0.2, 0.25) is 10.0 Å². The lowest BCUT2D eigenvalue weighted by Gasteiger charge is -2.13. The number of guanidine groups is 1. The Hall–Kier alpha value is -1.84. The maximum Gasteiger partial charge on any atom is 0.191 e. The molecule has 0 bridgehead atoms. The number of nitrogens with zero attached hydrogens (tertiary/aromatic N) is 4. The van der Waals surface area contributed by atoms with E-state index in [1.807, 2.05) is 47.0 Å². The Labute approximate surface area is 185 Å². The molecule has 1 heterocycles. The molecule has 0 aliphatic heterocycles. The molecule has 3 rings (SSSR count). The number of hydrogen-bond donors (Lipinski definition) is 2. The zero-order chi connectivity index (χ0) is 18.4. The van der Waals surface area contributed by atoms with Crippen LogP contribution in [0.3, 0.4) is 0 Å². The fourth-order valence-corrected chi connectivity index (χ4v) is 2.89. The summed E-state index contributed by atoms with van der Waals surface area (Å²) >= 11 is 12.1. The number of hydrogen-bond acceptors (Lipinski definition) is 3. The van der Waals surface area contributed by atoms with Gasteiger partial charge in [-0.15, -0.1) is 34.2 Å². The van der Waals surface area contributed by atoms with Gasteiger partial charge in [0.2, 0.25) is 0 Å². The van der Waals surface area contributed by atoms with Crippen molar-refractivity contribution >= 4 is 53.1 Å². The lowest BCUT2D eigenvalue weighted by molar-refractivity contribution is 0.754. The first-order valence-corrected chi connectivity index (χ1v) is 8.75. The third kappa shape index (κ3) is 5.82. The van der Waals surface area contributed by atoms with E-state index in [9.17, 15) is 0 Å². The number of para-hydroxylation sites is 1. The Balaban J connectivity index is 0.00000261. The first kappa shape index (κ1) is 21.5. The lowest BCUT2D eigenvalue weighted by atomic mass is 10.2. The molecule has 1 aromatic heterocycles. The first-order valence-electron chi connectivity index (χ1n) is 8.00. The molecule has 0 amide bonds. The summed E-state index contributed by atoms with van der Waals surface area (Å²) in [4.78, 5) is 4.22. The Bertz CT molecular complexity index is 898. The highest BCUT2D eigenvalue weighted by atomic mass is 127. The number of aromatic nitrogens is 3. The van der Waals surface area contributed by atoms with Gasteiger partial charge in [-0.3, -0.25) is 9.56 Å². The van der Waals surface area contributed by atoms with Gasteiger partial charge in [-0.05, 0) is 29.8 Å². The van der Waals surface area contributed by atoms with E-state index in [1.165, 1.54) is 0 Å². The van der Waals surface area contributed by atoms with Crippen molar-refractivity contribution in [3.05, 3.63) is 76.3 Å². The summed E-state index contributed by atoms with van der Waals surface area (Å²) in [6.07, 6.45) is 1.69. The molecular weight excluding hydrogens is 498 g/mol. The highest BCUT2D eigenvalue weighted by Crippen LogP contribution is 2.20. The van der Waals surface area contributed by atoms with E-state index < -0.39 is 0 Å². The summed E-state index contributed by atoms with van der Waals surface area (Å²) in [5.41, 5.74) is 1.94. The second kappa shape index (κ2) is 10.5. The lowest BCUT2D eigenvalue weighted by Crippen LogP contribution is -2.37. The summed E-state index contributed by atoms with van der Waals surface area (Å²) in [6.45, 7) is 1.00. The number of aliphatic imine (C=N–C) groups is 1. The molecular formula is C18H19Cl2IN6. The molecule has 0 aliphatic rings. The molecule has 27 heavy (non-hydrogen) atoms. The van der Waals surface area contributed by atoms with Crippen molar-refractivity contribution in [2.24, 2.45) is 4.99 Å². The number of benzene rings is 2. The monoisotopic (exact) mass is 516 g/mol. The van der Waals surface area contributed by atoms with Crippen LogP contribution < -0.4 is 10.6 Å². The highest BCUT2D eigenvalue weighted by molar-refractivity contribution is 14.0. The fourth-order valence-electron chi connectivity index (χ4n) is 2.41. The van der Waals surface area contributed by atoms with E-state index in [0.29, 0.717) is 29.1 Å². The van der Waals surface area contributed by atoms with Gasteiger partial charge >= 0.3 is 0 Å². The smallest absolute Gasteiger partial charge is 0.191 e. The number of nitrogens with one attached hydrogen (secondary N) is 2. The Morgan fingerprint density at radius 1 is 1.07 bits per heavy atom. The Morgan fingerprint density at radius 2 is 1.81 bits per heavy atom. The van der Waals surface area contributed by atoms with Crippen LogP contribution in [0.1, 0.15) is 11.4 Å². The second-order valence-corrected chi connectivity index (χ2v) is 6.31. The number of halogens is 3. The van der Waals surface area contributed by atoms with Crippen LogP contribution in [-0.2, 0) is 13.1 Å². The predicted octanol–water partition coefficient (Wildman–Crippen LogP) is 4.06. The zero-order valence-electron chi connectivity index (χ0n) is 14.6. The van der Waals surface area contributed by atoms with Gasteiger partial charge < -0.3 is 10.6 Å². The van der Waals surface area contributed by atoms with Gasteiger partial charge in [-0.2, -0.15) is 0 Å². The molecule has 0 radical (unpaired) electrons. The molecule has 2 aromatic carbocycles. The fraction of sp³-hybridized carbons (Fsp3) is 0.167. The standard InChI is InChI=1S/C18H18Cl2N6.HI/c1-21-18(22-10-13-7-8-14(19)9-16(13)20)23-11-17-25-24-12-26(17)15-5-3-2-4-6-15;/h2-9,12H,10-11H2,1H3,(H2,21,22,23);1H. The third-order valence-corrected chi connectivity index (χ3v) is 4.34. The molecule has 6 nitrogen and oxygen atoms in total. The molecule has 2 N–H and O–H groups in total. The topological polar surface area (TPSA) is 67.1 Å². The molecule has 142 valence electrons. The molecule has 0 saturated carbocycles. The normalized spacial score (nSPS) is 11.0. The minimum atomic E-state index is 0. The van der Waals surface area contributed by atoms with E-state index >= 15 is 0 Å². The molecule has 0 aliphatic carbocycles. The van der Waals surface area contributed by atoms with E-state index in [0.717, 1.165) is 17.1 Å². The molecule has 9 heteroatoms. The largest absolute Gasteiger partial charge is 0.352 e. The van der Waals surface area contributed by atoms with Crippen molar-refractivity contribution in [1.29, 1.82) is 0 Å². The van der Waals surface area contributed by atoms with E-state index in [-0.39, 0.29) is 24.0 Å². The average Bonchev–Trinajstić information content (AvgIpc) is 3.12. The SMILES string of the molecule is CN=C(NCc1ccc(Cl)cc1Cl)NCc1nncn1-c1ccccc1.I. The van der Waals surface area contributed by atoms with Crippen molar-refractivity contribution in [2.75, 3.05) is 7.05 Å². The van der Waals surface area contributed by atoms with Crippen LogP contribution in [0.5, 0.6) is 0 Å². The summed E-state index contributed by atoms with van der Waals surface area (Å²) in [7, 11) is 1.71. The van der Waals surface area contributed by atoms with E-state index in [1.54, 1.807) is 19.4 Å². The minimum Gasteiger partial charge on any atom is -0.352 e. The van der Waals surface area contributed by atoms with Crippen LogP contribution >= 0.6 is 47.2 Å². The van der Waals surface area contributed by atoms with Crippen molar-refractivity contribution in [3.8, 4) is 5.69 Å². The van der Waals surface area contributed by atoms with Gasteiger partial charge in [0.15, 0.2) is 11.8 Å². The minimum absolute atomic E-state index is 0. The molecule has 0 spiro atoms. The van der Waals surface area contributed by atoms with E-state index in [4.69, 9.17) is 23.2 Å². The molecule has 0 atom stereocenters. The summed E-state index contributed by atoms with van der Waals surface area (Å²) in [5.74, 6) is 1.42. The van der Waals surface area contributed by atoms with Crippen molar-refractivity contribution in [2.45, 2.75) is 13.1 Å². The van der Waals surface area contributed by atoms with Gasteiger partial charge in [-0.25, -0.2) is 0 Å². The maximum atomic E-state index is 6.20. The zero-order valence-corrected chi connectivity index (χ0v) is 18.4. The van der Waals surface area contributed by atoms with Crippen molar-refractivity contribution in [3.63, 3.8) is 0 Å². The quantitative estimate of drug-likeness (QED) is 0.305. The molecule has 0 fully saturated rings. The molecule has 0 saturated heterocycles. The molecule has 0 unspecified atom stereocenters. The summed E-state index contributed by atoms with van der Waals surface area (Å²) in [6, 6.07) is 15.3. The number of rotatable bonds is 5. The van der Waals surface area contributed by atoms with Crippen LogP contribution in [0.15, 0.2) is 59.9 Å². The third-order valence-electron chi connectivity index (χ3n) is 3.75. The van der Waals surface area contributed by atoms with Crippen molar-refractivity contribution in [1.82, 2.24) is 25.4 Å².